The van der Waals surface area contributed by atoms with Crippen LogP contribution in [0.15, 0.2) is 60.0 Å². The maximum Gasteiger partial charge on any atom is 0.251 e. The number of benzene rings is 2. The zero-order chi connectivity index (χ0) is 19.9. The summed E-state index contributed by atoms with van der Waals surface area (Å²) < 4.78 is 25.5. The van der Waals surface area contributed by atoms with E-state index in [-0.39, 0.29) is 12.5 Å². The highest BCUT2D eigenvalue weighted by molar-refractivity contribution is 7.92. The molecule has 2 aromatic carbocycles. The molecular weight excluding hydrogens is 366 g/mol. The Morgan fingerprint density at radius 3 is 2.26 bits per heavy atom. The van der Waals surface area contributed by atoms with Gasteiger partial charge in [0.1, 0.15) is 0 Å². The lowest BCUT2D eigenvalue weighted by molar-refractivity contribution is -0.116. The highest BCUT2D eigenvalue weighted by Gasteiger charge is 2.17. The van der Waals surface area contributed by atoms with Crippen LogP contribution in [-0.2, 0) is 14.8 Å². The summed E-state index contributed by atoms with van der Waals surface area (Å²) in [6, 6.07) is 15.3. The largest absolute Gasteiger partial charge is 0.355 e. The Balaban J connectivity index is 1.96. The van der Waals surface area contributed by atoms with Crippen molar-refractivity contribution in [2.24, 2.45) is 0 Å². The van der Waals surface area contributed by atoms with Crippen molar-refractivity contribution < 1.29 is 18.0 Å². The summed E-state index contributed by atoms with van der Waals surface area (Å²) in [6.07, 6.45) is 1.47. The number of likely N-dealkylation sites (N-methyl/N-ethyl adjacent to an activating group) is 1. The number of nitrogens with one attached hydrogen (secondary N) is 2. The van der Waals surface area contributed by atoms with Crippen LogP contribution >= 0.6 is 0 Å². The van der Waals surface area contributed by atoms with E-state index in [9.17, 15) is 18.0 Å². The molecule has 0 heterocycles. The molecule has 0 aliphatic heterocycles. The van der Waals surface area contributed by atoms with Crippen LogP contribution in [0.25, 0.3) is 6.08 Å². The van der Waals surface area contributed by atoms with Gasteiger partial charge in [-0.05, 0) is 35.9 Å². The van der Waals surface area contributed by atoms with Crippen molar-refractivity contribution in [3.05, 3.63) is 71.1 Å². The Morgan fingerprint density at radius 1 is 1.04 bits per heavy atom. The van der Waals surface area contributed by atoms with Crippen LogP contribution in [0, 0.1) is 0 Å². The molecule has 2 amide bonds. The second-order valence-electron chi connectivity index (χ2n) is 5.72. The van der Waals surface area contributed by atoms with E-state index in [0.717, 1.165) is 15.3 Å². The summed E-state index contributed by atoms with van der Waals surface area (Å²) in [5, 5.41) is 6.17. The summed E-state index contributed by atoms with van der Waals surface area (Å²) in [7, 11) is -0.868. The van der Waals surface area contributed by atoms with Gasteiger partial charge in [0.2, 0.25) is 15.9 Å². The molecule has 0 saturated carbocycles. The summed E-state index contributed by atoms with van der Waals surface area (Å²) in [6.45, 7) is -0.335. The minimum absolute atomic E-state index is 0.232. The number of sulfonamides is 1. The quantitative estimate of drug-likeness (QED) is 0.759. The van der Waals surface area contributed by atoms with E-state index < -0.39 is 15.9 Å². The third-order valence-corrected chi connectivity index (χ3v) is 5.17. The second-order valence-corrected chi connectivity index (χ2v) is 7.64. The average molecular weight is 387 g/mol. The first kappa shape index (κ1) is 20.3. The molecule has 0 aliphatic rings. The summed E-state index contributed by atoms with van der Waals surface area (Å²) in [5.41, 5.74) is 1.68. The van der Waals surface area contributed by atoms with E-state index in [1.807, 2.05) is 6.07 Å². The topological polar surface area (TPSA) is 95.6 Å². The zero-order valence-corrected chi connectivity index (χ0v) is 15.9. The zero-order valence-electron chi connectivity index (χ0n) is 15.0. The SMILES string of the molecule is CNC(=O)c1ccc(NC(=O)CN(C)S(=O)(=O)/C=C/c2ccccc2)cc1. The van der Waals surface area contributed by atoms with Gasteiger partial charge in [-0.15, -0.1) is 0 Å². The molecule has 0 radical (unpaired) electrons. The number of carbonyl (C=O) groups is 2. The van der Waals surface area contributed by atoms with Gasteiger partial charge in [0.05, 0.1) is 6.54 Å². The van der Waals surface area contributed by atoms with Crippen LogP contribution in [-0.4, -0.2) is 45.2 Å². The van der Waals surface area contributed by atoms with Crippen LogP contribution in [0.1, 0.15) is 15.9 Å². The molecule has 142 valence electrons. The van der Waals surface area contributed by atoms with Crippen LogP contribution in [0.5, 0.6) is 0 Å². The van der Waals surface area contributed by atoms with Crippen molar-refractivity contribution in [3.8, 4) is 0 Å². The minimum Gasteiger partial charge on any atom is -0.355 e. The van der Waals surface area contributed by atoms with Gasteiger partial charge in [-0.3, -0.25) is 9.59 Å². The smallest absolute Gasteiger partial charge is 0.251 e. The van der Waals surface area contributed by atoms with Crippen molar-refractivity contribution in [2.75, 3.05) is 26.0 Å². The van der Waals surface area contributed by atoms with E-state index in [1.54, 1.807) is 48.5 Å². The van der Waals surface area contributed by atoms with Gasteiger partial charge in [0, 0.05) is 30.8 Å². The van der Waals surface area contributed by atoms with E-state index >= 15 is 0 Å². The van der Waals surface area contributed by atoms with Gasteiger partial charge in [-0.25, -0.2) is 8.42 Å². The van der Waals surface area contributed by atoms with Crippen LogP contribution in [0.4, 0.5) is 5.69 Å². The van der Waals surface area contributed by atoms with Gasteiger partial charge < -0.3 is 10.6 Å². The first-order valence-corrected chi connectivity index (χ1v) is 9.63. The number of carbonyl (C=O) groups excluding carboxylic acids is 2. The Morgan fingerprint density at radius 2 is 1.67 bits per heavy atom. The predicted molar refractivity (Wildman–Crippen MR) is 105 cm³/mol. The van der Waals surface area contributed by atoms with Crippen LogP contribution in [0.2, 0.25) is 0 Å². The first-order chi connectivity index (χ1) is 12.8. The van der Waals surface area contributed by atoms with Gasteiger partial charge in [-0.1, -0.05) is 30.3 Å². The maximum atomic E-state index is 12.3. The third kappa shape index (κ3) is 6.05. The molecule has 2 rings (SSSR count). The summed E-state index contributed by atoms with van der Waals surface area (Å²) in [5.74, 6) is -0.717. The fourth-order valence-corrected chi connectivity index (χ4v) is 3.01. The number of nitrogens with zero attached hydrogens (tertiary/aromatic N) is 1. The molecule has 0 fully saturated rings. The number of rotatable bonds is 7. The lowest BCUT2D eigenvalue weighted by Gasteiger charge is -2.14. The van der Waals surface area contributed by atoms with E-state index in [0.29, 0.717) is 11.3 Å². The molecule has 2 N–H and O–H groups in total. The van der Waals surface area contributed by atoms with Crippen LogP contribution < -0.4 is 10.6 Å². The van der Waals surface area contributed by atoms with Gasteiger partial charge >= 0.3 is 0 Å². The molecule has 0 aromatic heterocycles. The number of amides is 2. The Labute approximate surface area is 158 Å². The first-order valence-electron chi connectivity index (χ1n) is 8.13. The van der Waals surface area contributed by atoms with E-state index in [2.05, 4.69) is 10.6 Å². The molecule has 0 atom stereocenters. The molecule has 27 heavy (non-hydrogen) atoms. The molecule has 2 aromatic rings. The van der Waals surface area contributed by atoms with Crippen molar-refractivity contribution >= 4 is 33.6 Å². The molecule has 7 nitrogen and oxygen atoms in total. The number of anilines is 1. The van der Waals surface area contributed by atoms with Crippen molar-refractivity contribution in [1.29, 1.82) is 0 Å². The van der Waals surface area contributed by atoms with Crippen molar-refractivity contribution in [1.82, 2.24) is 9.62 Å². The predicted octanol–water partition coefficient (Wildman–Crippen LogP) is 1.92. The van der Waals surface area contributed by atoms with Gasteiger partial charge in [0.25, 0.3) is 5.91 Å². The van der Waals surface area contributed by atoms with Crippen molar-refractivity contribution in [2.45, 2.75) is 0 Å². The lowest BCUT2D eigenvalue weighted by atomic mass is 10.2. The van der Waals surface area contributed by atoms with E-state index in [1.165, 1.54) is 20.2 Å². The van der Waals surface area contributed by atoms with Gasteiger partial charge in [-0.2, -0.15) is 4.31 Å². The minimum atomic E-state index is -3.73. The molecule has 8 heteroatoms. The second kappa shape index (κ2) is 9.11. The highest BCUT2D eigenvalue weighted by atomic mass is 32.2. The van der Waals surface area contributed by atoms with Crippen molar-refractivity contribution in [3.63, 3.8) is 0 Å². The van der Waals surface area contributed by atoms with Gasteiger partial charge in [0.15, 0.2) is 0 Å². The van der Waals surface area contributed by atoms with E-state index in [4.69, 9.17) is 0 Å². The Kier molecular flexibility index (Phi) is 6.86. The standard InChI is InChI=1S/C19H21N3O4S/c1-20-19(24)16-8-10-17(11-9-16)21-18(23)14-22(2)27(25,26)13-12-15-6-4-3-5-7-15/h3-13H,14H2,1-2H3,(H,20,24)(H,21,23)/b13-12+. The number of hydrogen-bond acceptors (Lipinski definition) is 4. The molecule has 0 aliphatic carbocycles. The summed E-state index contributed by atoms with van der Waals surface area (Å²) in [4.78, 5) is 23.6. The molecule has 0 saturated heterocycles. The van der Waals surface area contributed by atoms with Crippen LogP contribution in [0.3, 0.4) is 0 Å². The number of hydrogen-bond donors (Lipinski definition) is 2. The molecular formula is C19H21N3O4S. The molecule has 0 bridgehead atoms. The fourth-order valence-electron chi connectivity index (χ4n) is 2.17. The molecule has 0 spiro atoms. The normalized spacial score (nSPS) is 11.5. The highest BCUT2D eigenvalue weighted by Crippen LogP contribution is 2.11. The summed E-state index contributed by atoms with van der Waals surface area (Å²) >= 11 is 0. The average Bonchev–Trinajstić information content (AvgIpc) is 2.67. The Bertz CT molecular complexity index is 923. The lowest BCUT2D eigenvalue weighted by Crippen LogP contribution is -2.33. The molecule has 0 unspecified atom stereocenters. The maximum absolute atomic E-state index is 12.3. The fraction of sp³-hybridized carbons (Fsp3) is 0.158. The monoisotopic (exact) mass is 387 g/mol. The Hall–Kier alpha value is -2.97. The third-order valence-electron chi connectivity index (χ3n) is 3.69.